The lowest BCUT2D eigenvalue weighted by molar-refractivity contribution is 0.104. The van der Waals surface area contributed by atoms with E-state index in [0.29, 0.717) is 0 Å². The molecule has 0 aliphatic rings. The fourth-order valence-electron chi connectivity index (χ4n) is 2.48. The highest BCUT2D eigenvalue weighted by atomic mass is 32.1. The van der Waals surface area contributed by atoms with Gasteiger partial charge in [-0.2, -0.15) is 0 Å². The van der Waals surface area contributed by atoms with Crippen LogP contribution >= 0.6 is 22.7 Å². The number of allylic oxidation sites excluding steroid dienone is 2. The van der Waals surface area contributed by atoms with Gasteiger partial charge >= 0.3 is 0 Å². The molecule has 0 fully saturated rings. The maximum Gasteiger partial charge on any atom is 0.195 e. The maximum atomic E-state index is 11.7. The van der Waals surface area contributed by atoms with Gasteiger partial charge in [0.1, 0.15) is 0 Å². The smallest absolute Gasteiger partial charge is 0.195 e. The van der Waals surface area contributed by atoms with E-state index in [1.165, 1.54) is 11.3 Å². The van der Waals surface area contributed by atoms with Crippen molar-refractivity contribution in [2.45, 2.75) is 0 Å². The Balaban J connectivity index is 0.000000172. The molecule has 0 aliphatic carbocycles. The van der Waals surface area contributed by atoms with Crippen molar-refractivity contribution in [2.75, 3.05) is 0 Å². The summed E-state index contributed by atoms with van der Waals surface area (Å²) >= 11 is 3.10. The van der Waals surface area contributed by atoms with Crippen LogP contribution in [0.5, 0.6) is 0 Å². The van der Waals surface area contributed by atoms with Crippen molar-refractivity contribution >= 4 is 46.4 Å². The molecule has 30 heavy (non-hydrogen) atoms. The van der Waals surface area contributed by atoms with E-state index < -0.39 is 0 Å². The van der Waals surface area contributed by atoms with Gasteiger partial charge in [0.05, 0.1) is 4.88 Å². The molecule has 2 heterocycles. The molecule has 2 aromatic heterocycles. The largest absolute Gasteiger partial charge is 0.289 e. The summed E-state index contributed by atoms with van der Waals surface area (Å²) in [5, 5.41) is 3.90. The number of carbonyl (C=O) groups excluding carboxylic acids is 2. The minimum absolute atomic E-state index is 0.0319. The number of hydrogen-bond donors (Lipinski definition) is 0. The number of thiophene rings is 2. The monoisotopic (exact) mass is 428 g/mol. The zero-order valence-electron chi connectivity index (χ0n) is 16.2. The Bertz CT molecular complexity index is 1090. The number of benzene rings is 2. The molecular formula is C26H20O2S2. The predicted octanol–water partition coefficient (Wildman–Crippen LogP) is 7.29. The molecule has 0 bridgehead atoms. The van der Waals surface area contributed by atoms with Crippen LogP contribution in [0.15, 0.2) is 108 Å². The third-order valence-electron chi connectivity index (χ3n) is 3.99. The molecule has 148 valence electrons. The van der Waals surface area contributed by atoms with Gasteiger partial charge in [0, 0.05) is 10.4 Å². The van der Waals surface area contributed by atoms with E-state index in [2.05, 4.69) is 0 Å². The lowest BCUT2D eigenvalue weighted by atomic mass is 10.1. The normalized spacial score (nSPS) is 10.7. The molecule has 0 spiro atoms. The summed E-state index contributed by atoms with van der Waals surface area (Å²) in [5.74, 6) is 0.109. The summed E-state index contributed by atoms with van der Waals surface area (Å²) in [5.41, 5.74) is 1.75. The highest BCUT2D eigenvalue weighted by molar-refractivity contribution is 7.12. The minimum Gasteiger partial charge on any atom is -0.289 e. The molecule has 0 atom stereocenters. The van der Waals surface area contributed by atoms with Crippen molar-refractivity contribution in [1.29, 1.82) is 0 Å². The summed E-state index contributed by atoms with van der Waals surface area (Å²) in [6, 6.07) is 26.7. The van der Waals surface area contributed by atoms with Crippen LogP contribution in [0.1, 0.15) is 30.5 Å². The van der Waals surface area contributed by atoms with E-state index in [9.17, 15) is 9.59 Å². The summed E-state index contributed by atoms with van der Waals surface area (Å²) in [7, 11) is 0. The molecular weight excluding hydrogens is 408 g/mol. The number of rotatable bonds is 6. The van der Waals surface area contributed by atoms with Gasteiger partial charge in [0.15, 0.2) is 11.6 Å². The Morgan fingerprint density at radius 1 is 0.600 bits per heavy atom. The lowest BCUT2D eigenvalue weighted by Gasteiger charge is -1.94. The third kappa shape index (κ3) is 6.92. The molecule has 0 N–H and O–H groups in total. The van der Waals surface area contributed by atoms with Crippen LogP contribution in [0.2, 0.25) is 0 Å². The first kappa shape index (κ1) is 21.4. The average molecular weight is 429 g/mol. The molecule has 4 rings (SSSR count). The van der Waals surface area contributed by atoms with Crippen LogP contribution in [0.4, 0.5) is 0 Å². The molecule has 2 nitrogen and oxygen atoms in total. The highest BCUT2D eigenvalue weighted by Crippen LogP contribution is 2.13. The van der Waals surface area contributed by atoms with E-state index in [4.69, 9.17) is 0 Å². The second-order valence-corrected chi connectivity index (χ2v) is 8.09. The second kappa shape index (κ2) is 11.6. The fraction of sp³-hybridized carbons (Fsp3) is 0. The number of hydrogen-bond acceptors (Lipinski definition) is 4. The van der Waals surface area contributed by atoms with Gasteiger partial charge < -0.3 is 0 Å². The Morgan fingerprint density at radius 2 is 1.23 bits per heavy atom. The molecule has 0 amide bonds. The van der Waals surface area contributed by atoms with Crippen molar-refractivity contribution in [3.63, 3.8) is 0 Å². The molecule has 2 aromatic carbocycles. The standard InChI is InChI=1S/C15H12O.C11H8OS2/c16-15(14-9-5-2-6-10-14)12-11-13-7-3-1-4-8-13;12-10(11-4-2-8-14-11)6-5-9-3-1-7-13-9/h1-12H;1-8H/b;6-5+. The maximum absolute atomic E-state index is 11.7. The van der Waals surface area contributed by atoms with Crippen LogP contribution in [0, 0.1) is 0 Å². The van der Waals surface area contributed by atoms with Gasteiger partial charge in [-0.25, -0.2) is 0 Å². The van der Waals surface area contributed by atoms with E-state index >= 15 is 0 Å². The summed E-state index contributed by atoms with van der Waals surface area (Å²) in [4.78, 5) is 25.2. The fourth-order valence-corrected chi connectivity index (χ4v) is 3.74. The van der Waals surface area contributed by atoms with E-state index in [1.54, 1.807) is 23.5 Å². The van der Waals surface area contributed by atoms with Crippen LogP contribution in [-0.2, 0) is 0 Å². The number of carbonyl (C=O) groups is 2. The van der Waals surface area contributed by atoms with E-state index in [0.717, 1.165) is 20.9 Å². The molecule has 4 aromatic rings. The van der Waals surface area contributed by atoms with Crippen molar-refractivity contribution in [2.24, 2.45) is 0 Å². The predicted molar refractivity (Wildman–Crippen MR) is 128 cm³/mol. The van der Waals surface area contributed by atoms with Crippen LogP contribution in [-0.4, -0.2) is 11.6 Å². The van der Waals surface area contributed by atoms with Crippen molar-refractivity contribution in [1.82, 2.24) is 0 Å². The zero-order valence-corrected chi connectivity index (χ0v) is 17.8. The summed E-state index contributed by atoms with van der Waals surface area (Å²) in [6.45, 7) is 0. The molecule has 0 unspecified atom stereocenters. The van der Waals surface area contributed by atoms with Gasteiger partial charge in [-0.05, 0) is 46.7 Å². The average Bonchev–Trinajstić information content (AvgIpc) is 3.52. The van der Waals surface area contributed by atoms with Gasteiger partial charge in [-0.1, -0.05) is 78.9 Å². The highest BCUT2D eigenvalue weighted by Gasteiger charge is 2.01. The van der Waals surface area contributed by atoms with Gasteiger partial charge in [-0.15, -0.1) is 22.7 Å². The molecule has 0 saturated carbocycles. The quantitative estimate of drug-likeness (QED) is 0.239. The third-order valence-corrected chi connectivity index (χ3v) is 5.71. The number of ketones is 2. The van der Waals surface area contributed by atoms with E-state index in [1.807, 2.05) is 108 Å². The Kier molecular flexibility index (Phi) is 8.27. The topological polar surface area (TPSA) is 34.1 Å². The van der Waals surface area contributed by atoms with Gasteiger partial charge in [-0.3, -0.25) is 9.59 Å². The van der Waals surface area contributed by atoms with Crippen molar-refractivity contribution in [3.8, 4) is 0 Å². The minimum atomic E-state index is 0.0319. The Labute approximate surface area is 184 Å². The first-order valence-corrected chi connectivity index (χ1v) is 11.1. The second-order valence-electron chi connectivity index (χ2n) is 6.16. The van der Waals surface area contributed by atoms with E-state index in [-0.39, 0.29) is 11.6 Å². The lowest BCUT2D eigenvalue weighted by Crippen LogP contribution is -1.92. The zero-order chi connectivity index (χ0) is 21.0. The van der Waals surface area contributed by atoms with Crippen LogP contribution in [0.3, 0.4) is 0 Å². The van der Waals surface area contributed by atoms with Gasteiger partial charge in [0.2, 0.25) is 0 Å². The Morgan fingerprint density at radius 3 is 1.87 bits per heavy atom. The van der Waals surface area contributed by atoms with Gasteiger partial charge in [0.25, 0.3) is 0 Å². The summed E-state index contributed by atoms with van der Waals surface area (Å²) < 4.78 is 0. The van der Waals surface area contributed by atoms with Crippen LogP contribution in [0.25, 0.3) is 12.2 Å². The molecule has 0 radical (unpaired) electrons. The SMILES string of the molecule is O=C(/C=C/c1cccs1)c1cccs1.O=C(C=Cc1ccccc1)c1ccccc1. The molecule has 4 heteroatoms. The Hall–Kier alpha value is -3.34. The molecule has 0 aliphatic heterocycles. The van der Waals surface area contributed by atoms with Crippen molar-refractivity contribution < 1.29 is 9.59 Å². The van der Waals surface area contributed by atoms with Crippen molar-refractivity contribution in [3.05, 3.63) is 129 Å². The van der Waals surface area contributed by atoms with Crippen LogP contribution < -0.4 is 0 Å². The first-order chi connectivity index (χ1) is 14.7. The summed E-state index contributed by atoms with van der Waals surface area (Å²) in [6.07, 6.45) is 6.91. The first-order valence-electron chi connectivity index (χ1n) is 9.34. The molecule has 0 saturated heterocycles.